The molecule has 0 saturated carbocycles. The average Bonchev–Trinajstić information content (AvgIpc) is 2.79. The summed E-state index contributed by atoms with van der Waals surface area (Å²) in [7, 11) is 0. The summed E-state index contributed by atoms with van der Waals surface area (Å²) in [5.41, 5.74) is 0. The highest BCUT2D eigenvalue weighted by molar-refractivity contribution is 7.12. The Morgan fingerprint density at radius 1 is 1.50 bits per heavy atom. The molecule has 0 aliphatic carbocycles. The van der Waals surface area contributed by atoms with Crippen molar-refractivity contribution < 1.29 is 4.74 Å². The van der Waals surface area contributed by atoms with E-state index in [0.717, 1.165) is 30.9 Å². The Labute approximate surface area is 100 Å². The lowest BCUT2D eigenvalue weighted by atomic mass is 10.1. The molecule has 0 aromatic carbocycles. The summed E-state index contributed by atoms with van der Waals surface area (Å²) in [6.07, 6.45) is 2.17. The van der Waals surface area contributed by atoms with Crippen LogP contribution in [0, 0.1) is 11.3 Å². The minimum absolute atomic E-state index is 0.329. The molecular weight excluding hydrogens is 220 g/mol. The molecule has 1 N–H and O–H groups in total. The predicted octanol–water partition coefficient (Wildman–Crippen LogP) is 2.45. The number of thiophene rings is 1. The van der Waals surface area contributed by atoms with Crippen LogP contribution in [0.2, 0.25) is 0 Å². The molecule has 1 saturated heterocycles. The van der Waals surface area contributed by atoms with Gasteiger partial charge in [-0.15, -0.1) is 11.3 Å². The van der Waals surface area contributed by atoms with Crippen LogP contribution in [0.5, 0.6) is 0 Å². The Hall–Kier alpha value is -0.890. The molecule has 1 atom stereocenters. The van der Waals surface area contributed by atoms with E-state index < -0.39 is 0 Å². The van der Waals surface area contributed by atoms with Gasteiger partial charge in [0.05, 0.1) is 0 Å². The average molecular weight is 236 g/mol. The summed E-state index contributed by atoms with van der Waals surface area (Å²) >= 11 is 1.57. The zero-order chi connectivity index (χ0) is 11.4. The molecule has 1 aliphatic rings. The minimum atomic E-state index is 0.329. The van der Waals surface area contributed by atoms with Gasteiger partial charge in [0.25, 0.3) is 0 Å². The maximum Gasteiger partial charge on any atom is 0.110 e. The van der Waals surface area contributed by atoms with Gasteiger partial charge in [-0.3, -0.25) is 0 Å². The highest BCUT2D eigenvalue weighted by Crippen LogP contribution is 2.23. The topological polar surface area (TPSA) is 45.0 Å². The number of hydrogen-bond donors (Lipinski definition) is 1. The first-order chi connectivity index (χ1) is 7.79. The van der Waals surface area contributed by atoms with Gasteiger partial charge in [-0.1, -0.05) is 0 Å². The fourth-order valence-electron chi connectivity index (χ4n) is 1.95. The van der Waals surface area contributed by atoms with Crippen molar-refractivity contribution in [2.45, 2.75) is 31.8 Å². The molecule has 2 rings (SSSR count). The van der Waals surface area contributed by atoms with Crippen LogP contribution < -0.4 is 5.32 Å². The lowest BCUT2D eigenvalue weighted by Gasteiger charge is -2.26. The van der Waals surface area contributed by atoms with Crippen LogP contribution in [0.4, 0.5) is 0 Å². The second kappa shape index (κ2) is 5.44. The maximum absolute atomic E-state index is 8.78. The van der Waals surface area contributed by atoms with Crippen molar-refractivity contribution in [3.63, 3.8) is 0 Å². The Morgan fingerprint density at radius 3 is 2.88 bits per heavy atom. The van der Waals surface area contributed by atoms with Crippen LogP contribution >= 0.6 is 11.3 Å². The van der Waals surface area contributed by atoms with E-state index in [1.165, 1.54) is 4.88 Å². The molecule has 4 heteroatoms. The van der Waals surface area contributed by atoms with Crippen molar-refractivity contribution in [3.8, 4) is 6.07 Å². The Kier molecular flexibility index (Phi) is 3.94. The molecule has 1 fully saturated rings. The van der Waals surface area contributed by atoms with Gasteiger partial charge in [0.15, 0.2) is 0 Å². The van der Waals surface area contributed by atoms with Gasteiger partial charge in [-0.2, -0.15) is 5.26 Å². The van der Waals surface area contributed by atoms with E-state index in [4.69, 9.17) is 10.00 Å². The third-order valence-electron chi connectivity index (χ3n) is 2.87. The zero-order valence-corrected chi connectivity index (χ0v) is 10.2. The van der Waals surface area contributed by atoms with Crippen molar-refractivity contribution in [1.29, 1.82) is 5.26 Å². The third kappa shape index (κ3) is 2.82. The van der Waals surface area contributed by atoms with E-state index in [-0.39, 0.29) is 0 Å². The second-order valence-electron chi connectivity index (χ2n) is 4.09. The van der Waals surface area contributed by atoms with Crippen LogP contribution in [0.3, 0.4) is 0 Å². The van der Waals surface area contributed by atoms with Gasteiger partial charge in [0.1, 0.15) is 10.9 Å². The molecule has 1 aromatic rings. The van der Waals surface area contributed by atoms with Crippen molar-refractivity contribution in [2.75, 3.05) is 13.2 Å². The highest BCUT2D eigenvalue weighted by Gasteiger charge is 2.17. The van der Waals surface area contributed by atoms with E-state index in [1.807, 2.05) is 12.1 Å². The minimum Gasteiger partial charge on any atom is -0.381 e. The van der Waals surface area contributed by atoms with E-state index in [2.05, 4.69) is 18.3 Å². The second-order valence-corrected chi connectivity index (χ2v) is 5.20. The first-order valence-electron chi connectivity index (χ1n) is 5.63. The zero-order valence-electron chi connectivity index (χ0n) is 9.40. The summed E-state index contributed by atoms with van der Waals surface area (Å²) in [6, 6.07) is 6.99. The quantitative estimate of drug-likeness (QED) is 0.876. The van der Waals surface area contributed by atoms with Crippen LogP contribution in [0.25, 0.3) is 0 Å². The van der Waals surface area contributed by atoms with E-state index in [0.29, 0.717) is 12.1 Å². The fraction of sp³-hybridized carbons (Fsp3) is 0.583. The number of rotatable bonds is 3. The molecular formula is C12H16N2OS. The molecule has 0 amide bonds. The fourth-order valence-corrected chi connectivity index (χ4v) is 2.76. The lowest BCUT2D eigenvalue weighted by Crippen LogP contribution is -2.36. The number of nitrogens with one attached hydrogen (secondary N) is 1. The number of hydrogen-bond acceptors (Lipinski definition) is 4. The summed E-state index contributed by atoms with van der Waals surface area (Å²) in [6.45, 7) is 3.87. The number of nitriles is 1. The Morgan fingerprint density at radius 2 is 2.25 bits per heavy atom. The van der Waals surface area contributed by atoms with E-state index >= 15 is 0 Å². The molecule has 86 valence electrons. The van der Waals surface area contributed by atoms with E-state index in [9.17, 15) is 0 Å². The molecule has 2 heterocycles. The first-order valence-corrected chi connectivity index (χ1v) is 6.45. The molecule has 1 aliphatic heterocycles. The molecule has 0 spiro atoms. The van der Waals surface area contributed by atoms with Gasteiger partial charge in [-0.05, 0) is 31.9 Å². The highest BCUT2D eigenvalue weighted by atomic mass is 32.1. The van der Waals surface area contributed by atoms with Crippen LogP contribution in [-0.4, -0.2) is 19.3 Å². The summed E-state index contributed by atoms with van der Waals surface area (Å²) < 4.78 is 5.33. The lowest BCUT2D eigenvalue weighted by molar-refractivity contribution is 0.0755. The number of nitrogens with zero attached hydrogens (tertiary/aromatic N) is 1. The SMILES string of the molecule is CC(NC1CCOCC1)c1ccc(C#N)s1. The van der Waals surface area contributed by atoms with Crippen LogP contribution in [-0.2, 0) is 4.74 Å². The smallest absolute Gasteiger partial charge is 0.110 e. The van der Waals surface area contributed by atoms with Gasteiger partial charge < -0.3 is 10.1 Å². The van der Waals surface area contributed by atoms with Crippen LogP contribution in [0.1, 0.15) is 35.6 Å². The maximum atomic E-state index is 8.78. The first kappa shape index (κ1) is 11.6. The van der Waals surface area contributed by atoms with Crippen molar-refractivity contribution in [3.05, 3.63) is 21.9 Å². The standard InChI is InChI=1S/C12H16N2OS/c1-9(12-3-2-11(8-13)16-12)14-10-4-6-15-7-5-10/h2-3,9-10,14H,4-7H2,1H3. The predicted molar refractivity (Wildman–Crippen MR) is 64.4 cm³/mol. The monoisotopic (exact) mass is 236 g/mol. The Balaban J connectivity index is 1.91. The molecule has 0 radical (unpaired) electrons. The summed E-state index contributed by atoms with van der Waals surface area (Å²) in [4.78, 5) is 2.03. The van der Waals surface area contributed by atoms with Gasteiger partial charge in [0.2, 0.25) is 0 Å². The van der Waals surface area contributed by atoms with Gasteiger partial charge >= 0.3 is 0 Å². The Bertz CT molecular complexity index is 377. The molecule has 0 bridgehead atoms. The van der Waals surface area contributed by atoms with Crippen molar-refractivity contribution in [2.24, 2.45) is 0 Å². The molecule has 3 nitrogen and oxygen atoms in total. The van der Waals surface area contributed by atoms with Gasteiger partial charge in [0, 0.05) is 30.2 Å². The van der Waals surface area contributed by atoms with Crippen molar-refractivity contribution >= 4 is 11.3 Å². The summed E-state index contributed by atoms with van der Waals surface area (Å²) in [5, 5.41) is 12.4. The largest absolute Gasteiger partial charge is 0.381 e. The molecule has 1 aromatic heterocycles. The van der Waals surface area contributed by atoms with Gasteiger partial charge in [-0.25, -0.2) is 0 Å². The number of ether oxygens (including phenoxy) is 1. The van der Waals surface area contributed by atoms with Crippen LogP contribution in [0.15, 0.2) is 12.1 Å². The molecule has 1 unspecified atom stereocenters. The third-order valence-corrected chi connectivity index (χ3v) is 4.04. The van der Waals surface area contributed by atoms with E-state index in [1.54, 1.807) is 11.3 Å². The summed E-state index contributed by atoms with van der Waals surface area (Å²) in [5.74, 6) is 0. The molecule has 16 heavy (non-hydrogen) atoms. The normalized spacial score (nSPS) is 19.2. The van der Waals surface area contributed by atoms with Crippen molar-refractivity contribution in [1.82, 2.24) is 5.32 Å².